The number of rotatable bonds is 2. The zero-order chi connectivity index (χ0) is 12.6. The number of aliphatic hydroxyl groups excluding tert-OH is 1. The maximum atomic E-state index is 13.7. The number of aryl methyl sites for hydroxylation is 1. The lowest BCUT2D eigenvalue weighted by atomic mass is 10.1. The van der Waals surface area contributed by atoms with Crippen LogP contribution in [-0.4, -0.2) is 37.2 Å². The molecule has 0 spiro atoms. The van der Waals surface area contributed by atoms with Gasteiger partial charge in [0.15, 0.2) is 9.84 Å². The van der Waals surface area contributed by atoms with E-state index in [1.54, 1.807) is 19.1 Å². The molecule has 0 bridgehead atoms. The van der Waals surface area contributed by atoms with Gasteiger partial charge in [0, 0.05) is 0 Å². The smallest absolute Gasteiger partial charge is 0.155 e. The van der Waals surface area contributed by atoms with Gasteiger partial charge in [0.25, 0.3) is 0 Å². The van der Waals surface area contributed by atoms with E-state index in [0.29, 0.717) is 5.56 Å². The van der Waals surface area contributed by atoms with Crippen molar-refractivity contribution in [3.05, 3.63) is 29.6 Å². The van der Waals surface area contributed by atoms with E-state index in [1.807, 2.05) is 0 Å². The molecule has 94 valence electrons. The van der Waals surface area contributed by atoms with Gasteiger partial charge in [0.1, 0.15) is 5.82 Å². The molecule has 1 saturated heterocycles. The molecule has 0 aliphatic carbocycles. The molecule has 0 aromatic heterocycles. The second kappa shape index (κ2) is 4.27. The van der Waals surface area contributed by atoms with E-state index >= 15 is 0 Å². The number of nitrogens with one attached hydrogen (secondary N) is 1. The summed E-state index contributed by atoms with van der Waals surface area (Å²) in [6.45, 7) is 1.63. The van der Waals surface area contributed by atoms with Crippen LogP contribution in [0.2, 0.25) is 0 Å². The van der Waals surface area contributed by atoms with Crippen LogP contribution in [0, 0.1) is 12.7 Å². The molecule has 0 radical (unpaired) electrons. The van der Waals surface area contributed by atoms with Crippen LogP contribution < -0.4 is 5.32 Å². The maximum absolute atomic E-state index is 13.7. The SMILES string of the molecule is Cc1cccc(NC2CS(=O)(=O)CC2O)c1F. The van der Waals surface area contributed by atoms with Gasteiger partial charge in [-0.2, -0.15) is 0 Å². The van der Waals surface area contributed by atoms with Crippen LogP contribution in [0.5, 0.6) is 0 Å². The molecule has 2 unspecified atom stereocenters. The Bertz CT molecular complexity index is 530. The number of hydrogen-bond donors (Lipinski definition) is 2. The predicted octanol–water partition coefficient (Wildman–Crippen LogP) is 0.704. The standard InChI is InChI=1S/C11H14FNO3S/c1-7-3-2-4-8(11(7)12)13-9-5-17(15,16)6-10(9)14/h2-4,9-10,13-14H,5-6H2,1H3. The van der Waals surface area contributed by atoms with Crippen molar-refractivity contribution < 1.29 is 17.9 Å². The molecule has 0 saturated carbocycles. The van der Waals surface area contributed by atoms with Crippen molar-refractivity contribution >= 4 is 15.5 Å². The van der Waals surface area contributed by atoms with Gasteiger partial charge in [-0.15, -0.1) is 0 Å². The van der Waals surface area contributed by atoms with Crippen molar-refractivity contribution in [3.8, 4) is 0 Å². The molecular weight excluding hydrogens is 245 g/mol. The number of hydrogen-bond acceptors (Lipinski definition) is 4. The number of benzene rings is 1. The van der Waals surface area contributed by atoms with Gasteiger partial charge >= 0.3 is 0 Å². The molecule has 2 atom stereocenters. The van der Waals surface area contributed by atoms with Crippen LogP contribution in [0.1, 0.15) is 5.56 Å². The summed E-state index contributed by atoms with van der Waals surface area (Å²) in [5.41, 5.74) is 0.705. The van der Waals surface area contributed by atoms with Crippen molar-refractivity contribution in [1.82, 2.24) is 0 Å². The first kappa shape index (κ1) is 12.3. The Labute approximate surface area is 99.4 Å². The van der Waals surface area contributed by atoms with Gasteiger partial charge in [0.05, 0.1) is 29.3 Å². The molecule has 4 nitrogen and oxygen atoms in total. The summed E-state index contributed by atoms with van der Waals surface area (Å²) >= 11 is 0. The zero-order valence-electron chi connectivity index (χ0n) is 9.35. The van der Waals surface area contributed by atoms with Crippen molar-refractivity contribution in [2.45, 2.75) is 19.1 Å². The van der Waals surface area contributed by atoms with E-state index < -0.39 is 27.8 Å². The highest BCUT2D eigenvalue weighted by atomic mass is 32.2. The number of halogens is 1. The minimum absolute atomic E-state index is 0.165. The van der Waals surface area contributed by atoms with Crippen LogP contribution in [0.4, 0.5) is 10.1 Å². The summed E-state index contributed by atoms with van der Waals surface area (Å²) in [6.07, 6.45) is -0.986. The Hall–Kier alpha value is -1.14. The number of anilines is 1. The molecule has 17 heavy (non-hydrogen) atoms. The lowest BCUT2D eigenvalue weighted by molar-refractivity contribution is 0.190. The Kier molecular flexibility index (Phi) is 3.09. The van der Waals surface area contributed by atoms with Crippen LogP contribution in [0.25, 0.3) is 0 Å². The molecular formula is C11H14FNO3S. The topological polar surface area (TPSA) is 66.4 Å². The fraction of sp³-hybridized carbons (Fsp3) is 0.455. The maximum Gasteiger partial charge on any atom is 0.155 e. The first-order valence-electron chi connectivity index (χ1n) is 5.29. The Balaban J connectivity index is 2.20. The van der Waals surface area contributed by atoms with Gasteiger partial charge in [-0.1, -0.05) is 12.1 Å². The molecule has 2 N–H and O–H groups in total. The van der Waals surface area contributed by atoms with E-state index in [4.69, 9.17) is 0 Å². The van der Waals surface area contributed by atoms with Crippen LogP contribution in [0.15, 0.2) is 18.2 Å². The lowest BCUT2D eigenvalue weighted by Crippen LogP contribution is -2.32. The van der Waals surface area contributed by atoms with E-state index in [1.165, 1.54) is 6.07 Å². The number of sulfone groups is 1. The van der Waals surface area contributed by atoms with Gasteiger partial charge in [0.2, 0.25) is 0 Å². The summed E-state index contributed by atoms with van der Waals surface area (Å²) in [4.78, 5) is 0. The van der Waals surface area contributed by atoms with Gasteiger partial charge in [-0.3, -0.25) is 0 Å². The first-order valence-corrected chi connectivity index (χ1v) is 7.11. The second-order valence-corrected chi connectivity index (χ2v) is 6.49. The largest absolute Gasteiger partial charge is 0.390 e. The zero-order valence-corrected chi connectivity index (χ0v) is 10.2. The summed E-state index contributed by atoms with van der Waals surface area (Å²) in [7, 11) is -3.22. The highest BCUT2D eigenvalue weighted by Gasteiger charge is 2.36. The number of aliphatic hydroxyl groups is 1. The lowest BCUT2D eigenvalue weighted by Gasteiger charge is -2.17. The third-order valence-corrected chi connectivity index (χ3v) is 4.57. The van der Waals surface area contributed by atoms with Crippen molar-refractivity contribution in [3.63, 3.8) is 0 Å². The predicted molar refractivity (Wildman–Crippen MR) is 63.2 cm³/mol. The molecule has 1 aliphatic rings. The molecule has 1 heterocycles. The van der Waals surface area contributed by atoms with Crippen LogP contribution >= 0.6 is 0 Å². The van der Waals surface area contributed by atoms with Gasteiger partial charge in [-0.05, 0) is 18.6 Å². The quantitative estimate of drug-likeness (QED) is 0.820. The minimum Gasteiger partial charge on any atom is -0.390 e. The van der Waals surface area contributed by atoms with Crippen molar-refractivity contribution in [2.24, 2.45) is 0 Å². The Morgan fingerprint density at radius 3 is 2.71 bits per heavy atom. The Morgan fingerprint density at radius 1 is 1.41 bits per heavy atom. The minimum atomic E-state index is -3.22. The average Bonchev–Trinajstić information content (AvgIpc) is 2.47. The first-order chi connectivity index (χ1) is 7.89. The van der Waals surface area contributed by atoms with Crippen LogP contribution in [-0.2, 0) is 9.84 Å². The van der Waals surface area contributed by atoms with E-state index in [0.717, 1.165) is 0 Å². The van der Waals surface area contributed by atoms with E-state index in [-0.39, 0.29) is 17.2 Å². The monoisotopic (exact) mass is 259 g/mol. The van der Waals surface area contributed by atoms with E-state index in [9.17, 15) is 17.9 Å². The average molecular weight is 259 g/mol. The normalized spacial score (nSPS) is 27.0. The summed E-state index contributed by atoms with van der Waals surface area (Å²) < 4.78 is 36.3. The molecule has 0 amide bonds. The Morgan fingerprint density at radius 2 is 2.12 bits per heavy atom. The highest BCUT2D eigenvalue weighted by Crippen LogP contribution is 2.22. The van der Waals surface area contributed by atoms with Crippen molar-refractivity contribution in [1.29, 1.82) is 0 Å². The fourth-order valence-corrected chi connectivity index (χ4v) is 3.67. The van der Waals surface area contributed by atoms with Crippen molar-refractivity contribution in [2.75, 3.05) is 16.8 Å². The molecule has 2 rings (SSSR count). The summed E-state index contributed by atoms with van der Waals surface area (Å²) in [6, 6.07) is 4.19. The fourth-order valence-electron chi connectivity index (χ4n) is 1.93. The highest BCUT2D eigenvalue weighted by molar-refractivity contribution is 7.91. The summed E-state index contributed by atoms with van der Waals surface area (Å²) in [5.74, 6) is -0.844. The molecule has 6 heteroatoms. The third kappa shape index (κ3) is 2.58. The summed E-state index contributed by atoms with van der Waals surface area (Å²) in [5, 5.41) is 12.3. The third-order valence-electron chi connectivity index (χ3n) is 2.86. The van der Waals surface area contributed by atoms with Gasteiger partial charge < -0.3 is 10.4 Å². The molecule has 1 fully saturated rings. The molecule has 1 aliphatic heterocycles. The van der Waals surface area contributed by atoms with Crippen LogP contribution in [0.3, 0.4) is 0 Å². The molecule has 1 aromatic carbocycles. The second-order valence-electron chi connectivity index (χ2n) is 4.33. The van der Waals surface area contributed by atoms with Gasteiger partial charge in [-0.25, -0.2) is 12.8 Å². The molecule has 1 aromatic rings. The van der Waals surface area contributed by atoms with E-state index in [2.05, 4.69) is 5.32 Å².